The summed E-state index contributed by atoms with van der Waals surface area (Å²) in [6, 6.07) is 12.2. The standard InChI is InChI=1S/C28H31NO5/c1-27(2,3)15-28(4,5)29-26-21(19-13-12-16(32-6)14-20(19)33-7)22-23(30)17-10-8-9-11-18(17)24(31)25(22)34-26/h8-14,29H,15H2,1-7H3. The van der Waals surface area contributed by atoms with Gasteiger partial charge >= 0.3 is 0 Å². The van der Waals surface area contributed by atoms with E-state index in [1.165, 1.54) is 0 Å². The van der Waals surface area contributed by atoms with Crippen LogP contribution in [0.3, 0.4) is 0 Å². The van der Waals surface area contributed by atoms with E-state index in [1.54, 1.807) is 50.6 Å². The zero-order valence-corrected chi connectivity index (χ0v) is 20.8. The van der Waals surface area contributed by atoms with Crippen molar-refractivity contribution in [3.05, 3.63) is 64.9 Å². The molecule has 2 aromatic carbocycles. The summed E-state index contributed by atoms with van der Waals surface area (Å²) < 4.78 is 17.2. The minimum atomic E-state index is -0.383. The number of carbonyl (C=O) groups excluding carboxylic acids is 2. The Morgan fingerprint density at radius 3 is 2.06 bits per heavy atom. The number of ketones is 2. The van der Waals surface area contributed by atoms with Gasteiger partial charge in [0.1, 0.15) is 11.5 Å². The minimum Gasteiger partial charge on any atom is -0.497 e. The summed E-state index contributed by atoms with van der Waals surface area (Å²) in [5.74, 6) is 0.999. The molecule has 1 N–H and O–H groups in total. The third-order valence-corrected chi connectivity index (χ3v) is 5.86. The molecule has 6 nitrogen and oxygen atoms in total. The van der Waals surface area contributed by atoms with Gasteiger partial charge in [0.2, 0.25) is 11.7 Å². The summed E-state index contributed by atoms with van der Waals surface area (Å²) in [6.07, 6.45) is 0.826. The van der Waals surface area contributed by atoms with Gasteiger partial charge in [-0.05, 0) is 37.8 Å². The maximum Gasteiger partial charge on any atom is 0.229 e. The van der Waals surface area contributed by atoms with Crippen LogP contribution in [-0.2, 0) is 0 Å². The Morgan fingerprint density at radius 1 is 0.824 bits per heavy atom. The predicted molar refractivity (Wildman–Crippen MR) is 132 cm³/mol. The van der Waals surface area contributed by atoms with Crippen LogP contribution in [0.4, 0.5) is 5.88 Å². The second kappa shape index (κ2) is 8.35. The number of fused-ring (bicyclic) bond motifs is 2. The van der Waals surface area contributed by atoms with Gasteiger partial charge in [-0.1, -0.05) is 45.0 Å². The molecule has 0 amide bonds. The molecule has 1 aliphatic carbocycles. The Hall–Kier alpha value is -3.54. The molecular formula is C28H31NO5. The first-order valence-electron chi connectivity index (χ1n) is 11.3. The van der Waals surface area contributed by atoms with Gasteiger partial charge in [0, 0.05) is 28.3 Å². The number of hydrogen-bond acceptors (Lipinski definition) is 6. The van der Waals surface area contributed by atoms with E-state index >= 15 is 0 Å². The molecule has 0 saturated carbocycles. The fraction of sp³-hybridized carbons (Fsp3) is 0.357. The van der Waals surface area contributed by atoms with Crippen LogP contribution in [-0.4, -0.2) is 31.3 Å². The van der Waals surface area contributed by atoms with Gasteiger partial charge in [0.05, 0.1) is 25.3 Å². The summed E-state index contributed by atoms with van der Waals surface area (Å²) in [7, 11) is 3.14. The SMILES string of the molecule is COc1ccc(-c2c(NC(C)(C)CC(C)(C)C)oc3c2C(=O)c2ccccc2C3=O)c(OC)c1. The predicted octanol–water partition coefficient (Wildman–Crippen LogP) is 6.37. The Bertz CT molecular complexity index is 1280. The van der Waals surface area contributed by atoms with Crippen LogP contribution in [0.15, 0.2) is 46.9 Å². The molecule has 0 spiro atoms. The van der Waals surface area contributed by atoms with Crippen LogP contribution >= 0.6 is 0 Å². The topological polar surface area (TPSA) is 77.8 Å². The molecule has 0 atom stereocenters. The largest absolute Gasteiger partial charge is 0.497 e. The molecule has 0 fully saturated rings. The molecule has 1 heterocycles. The molecule has 0 radical (unpaired) electrons. The van der Waals surface area contributed by atoms with E-state index in [-0.39, 0.29) is 33.8 Å². The third-order valence-electron chi connectivity index (χ3n) is 5.86. The van der Waals surface area contributed by atoms with Gasteiger partial charge in [-0.15, -0.1) is 0 Å². The van der Waals surface area contributed by atoms with Gasteiger partial charge in [-0.2, -0.15) is 0 Å². The lowest BCUT2D eigenvalue weighted by atomic mass is 9.81. The number of benzene rings is 2. The van der Waals surface area contributed by atoms with Gasteiger partial charge in [0.15, 0.2) is 11.5 Å². The minimum absolute atomic E-state index is 0.0442. The molecule has 0 bridgehead atoms. The Kier molecular flexibility index (Phi) is 5.80. The first kappa shape index (κ1) is 23.6. The monoisotopic (exact) mass is 461 g/mol. The highest BCUT2D eigenvalue weighted by atomic mass is 16.5. The lowest BCUT2D eigenvalue weighted by Gasteiger charge is -2.33. The van der Waals surface area contributed by atoms with Crippen LogP contribution in [0.5, 0.6) is 11.5 Å². The Labute approximate surface area is 200 Å². The van der Waals surface area contributed by atoms with E-state index in [0.717, 1.165) is 6.42 Å². The molecule has 6 heteroatoms. The lowest BCUT2D eigenvalue weighted by Crippen LogP contribution is -2.35. The first-order valence-corrected chi connectivity index (χ1v) is 11.3. The average molecular weight is 462 g/mol. The molecule has 178 valence electrons. The van der Waals surface area contributed by atoms with E-state index in [1.807, 2.05) is 6.07 Å². The number of methoxy groups -OCH3 is 2. The molecule has 34 heavy (non-hydrogen) atoms. The summed E-state index contributed by atoms with van der Waals surface area (Å²) >= 11 is 0. The molecule has 3 aromatic rings. The van der Waals surface area contributed by atoms with E-state index in [4.69, 9.17) is 13.9 Å². The van der Waals surface area contributed by atoms with Crippen molar-refractivity contribution < 1.29 is 23.5 Å². The number of carbonyl (C=O) groups is 2. The number of hydrogen-bond donors (Lipinski definition) is 1. The van der Waals surface area contributed by atoms with Crippen molar-refractivity contribution in [3.8, 4) is 22.6 Å². The molecule has 0 aliphatic heterocycles. The third kappa shape index (κ3) is 4.20. The maximum atomic E-state index is 13.7. The van der Waals surface area contributed by atoms with Gasteiger partial charge in [0.25, 0.3) is 0 Å². The number of furan rings is 1. The van der Waals surface area contributed by atoms with E-state index < -0.39 is 0 Å². The fourth-order valence-corrected chi connectivity index (χ4v) is 4.97. The van der Waals surface area contributed by atoms with Crippen molar-refractivity contribution in [3.63, 3.8) is 0 Å². The first-order chi connectivity index (χ1) is 16.0. The number of anilines is 1. The van der Waals surface area contributed by atoms with E-state index in [2.05, 4.69) is 39.9 Å². The van der Waals surface area contributed by atoms with Crippen LogP contribution in [0.25, 0.3) is 11.1 Å². The summed E-state index contributed by atoms with van der Waals surface area (Å²) in [5.41, 5.74) is 1.79. The second-order valence-corrected chi connectivity index (χ2v) is 10.5. The lowest BCUT2D eigenvalue weighted by molar-refractivity contribution is 0.0961. The molecular weight excluding hydrogens is 430 g/mol. The van der Waals surface area contributed by atoms with Gasteiger partial charge in [-0.3, -0.25) is 9.59 Å². The van der Waals surface area contributed by atoms with Crippen LogP contribution in [0.1, 0.15) is 73.1 Å². The van der Waals surface area contributed by atoms with E-state index in [9.17, 15) is 9.59 Å². The highest BCUT2D eigenvalue weighted by molar-refractivity contribution is 6.30. The zero-order chi connectivity index (χ0) is 24.8. The summed E-state index contributed by atoms with van der Waals surface area (Å²) in [4.78, 5) is 27.0. The van der Waals surface area contributed by atoms with Crippen molar-refractivity contribution in [1.82, 2.24) is 0 Å². The summed E-state index contributed by atoms with van der Waals surface area (Å²) in [6.45, 7) is 10.7. The van der Waals surface area contributed by atoms with Crippen molar-refractivity contribution in [2.45, 2.75) is 46.6 Å². The summed E-state index contributed by atoms with van der Waals surface area (Å²) in [5, 5.41) is 3.49. The second-order valence-electron chi connectivity index (χ2n) is 10.5. The highest BCUT2D eigenvalue weighted by Crippen LogP contribution is 2.47. The highest BCUT2D eigenvalue weighted by Gasteiger charge is 2.39. The Morgan fingerprint density at radius 2 is 1.47 bits per heavy atom. The molecule has 0 saturated heterocycles. The molecule has 4 rings (SSSR count). The van der Waals surface area contributed by atoms with Crippen LogP contribution in [0.2, 0.25) is 0 Å². The van der Waals surface area contributed by atoms with Crippen molar-refractivity contribution in [1.29, 1.82) is 0 Å². The van der Waals surface area contributed by atoms with Crippen molar-refractivity contribution in [2.75, 3.05) is 19.5 Å². The number of nitrogens with one attached hydrogen (secondary N) is 1. The van der Waals surface area contributed by atoms with Crippen molar-refractivity contribution >= 4 is 17.5 Å². The molecule has 1 aromatic heterocycles. The fourth-order valence-electron chi connectivity index (χ4n) is 4.97. The smallest absolute Gasteiger partial charge is 0.229 e. The van der Waals surface area contributed by atoms with Crippen LogP contribution < -0.4 is 14.8 Å². The van der Waals surface area contributed by atoms with Crippen molar-refractivity contribution in [2.24, 2.45) is 5.41 Å². The quantitative estimate of drug-likeness (QED) is 0.360. The molecule has 0 unspecified atom stereocenters. The zero-order valence-electron chi connectivity index (χ0n) is 20.8. The maximum absolute atomic E-state index is 13.7. The average Bonchev–Trinajstić information content (AvgIpc) is 3.13. The Balaban J connectivity index is 1.97. The van der Waals surface area contributed by atoms with Crippen LogP contribution in [0, 0.1) is 5.41 Å². The van der Waals surface area contributed by atoms with Gasteiger partial charge < -0.3 is 19.2 Å². The van der Waals surface area contributed by atoms with Gasteiger partial charge in [-0.25, -0.2) is 0 Å². The normalized spacial score (nSPS) is 13.4. The molecule has 1 aliphatic rings. The van der Waals surface area contributed by atoms with E-state index in [0.29, 0.717) is 39.6 Å². The number of rotatable bonds is 6. The number of ether oxygens (including phenoxy) is 2.